The van der Waals surface area contributed by atoms with E-state index < -0.39 is 0 Å². The van der Waals surface area contributed by atoms with Crippen molar-refractivity contribution in [3.05, 3.63) is 58.7 Å². The molecule has 34 heavy (non-hydrogen) atoms. The van der Waals surface area contributed by atoms with Gasteiger partial charge >= 0.3 is 0 Å². The summed E-state index contributed by atoms with van der Waals surface area (Å²) in [5, 5.41) is 22.0. The zero-order valence-corrected chi connectivity index (χ0v) is 22.2. The van der Waals surface area contributed by atoms with Gasteiger partial charge in [-0.2, -0.15) is 0 Å². The lowest BCUT2D eigenvalue weighted by molar-refractivity contribution is 0.447. The second-order valence-electron chi connectivity index (χ2n) is 10.1. The highest BCUT2D eigenvalue weighted by atomic mass is 16.3. The molecule has 0 heterocycles. The maximum absolute atomic E-state index is 11.0. The minimum atomic E-state index is 0.0394. The first kappa shape index (κ1) is 28.3. The molecular weight excluding hydrogens is 416 g/mol. The Kier molecular flexibility index (Phi) is 13.8. The molecule has 0 fully saturated rings. The number of hydrogen-bond donors (Lipinski definition) is 2. The Morgan fingerprint density at radius 1 is 0.529 bits per heavy atom. The highest BCUT2D eigenvalue weighted by Crippen LogP contribution is 2.43. The van der Waals surface area contributed by atoms with Gasteiger partial charge in [-0.1, -0.05) is 116 Å². The third-order valence-corrected chi connectivity index (χ3v) is 7.22. The van der Waals surface area contributed by atoms with Crippen LogP contribution in [0.2, 0.25) is 0 Å². The number of rotatable bonds is 18. The maximum Gasteiger partial charge on any atom is 0.119 e. The summed E-state index contributed by atoms with van der Waals surface area (Å²) >= 11 is 0. The van der Waals surface area contributed by atoms with Crippen molar-refractivity contribution in [3.63, 3.8) is 0 Å². The molecule has 2 rings (SSSR count). The van der Waals surface area contributed by atoms with Crippen LogP contribution >= 0.6 is 0 Å². The van der Waals surface area contributed by atoms with Crippen LogP contribution < -0.4 is 0 Å². The molecule has 0 atom stereocenters. The van der Waals surface area contributed by atoms with Crippen molar-refractivity contribution in [1.29, 1.82) is 0 Å². The van der Waals surface area contributed by atoms with Gasteiger partial charge in [0.1, 0.15) is 11.5 Å². The highest BCUT2D eigenvalue weighted by Gasteiger charge is 2.25. The number of aromatic hydroxyl groups is 2. The summed E-state index contributed by atoms with van der Waals surface area (Å²) in [6.07, 6.45) is 19.2. The zero-order chi connectivity index (χ0) is 24.6. The number of phenolic OH excluding ortho intramolecular Hbond substituents is 2. The molecule has 0 aliphatic heterocycles. The van der Waals surface area contributed by atoms with Crippen LogP contribution in [0.3, 0.4) is 0 Å². The normalized spacial score (nSPS) is 11.4. The first-order chi connectivity index (χ1) is 16.6. The van der Waals surface area contributed by atoms with Crippen molar-refractivity contribution in [3.8, 4) is 11.5 Å². The average Bonchev–Trinajstić information content (AvgIpc) is 2.83. The van der Waals surface area contributed by atoms with Crippen LogP contribution in [0.25, 0.3) is 0 Å². The molecule has 0 aliphatic rings. The number of benzene rings is 2. The van der Waals surface area contributed by atoms with Crippen LogP contribution in [-0.2, 0) is 12.8 Å². The summed E-state index contributed by atoms with van der Waals surface area (Å²) in [7, 11) is 0. The van der Waals surface area contributed by atoms with Gasteiger partial charge in [0.05, 0.1) is 0 Å². The second-order valence-corrected chi connectivity index (χ2v) is 10.1. The van der Waals surface area contributed by atoms with E-state index in [1.165, 1.54) is 75.3 Å². The topological polar surface area (TPSA) is 40.5 Å². The van der Waals surface area contributed by atoms with E-state index in [0.717, 1.165) is 49.7 Å². The Morgan fingerprint density at radius 3 is 1.35 bits per heavy atom. The molecular formula is C32H50O2. The van der Waals surface area contributed by atoms with Crippen molar-refractivity contribution in [2.75, 3.05) is 0 Å². The largest absolute Gasteiger partial charge is 0.508 e. The Labute approximate surface area is 209 Å². The van der Waals surface area contributed by atoms with E-state index >= 15 is 0 Å². The van der Waals surface area contributed by atoms with E-state index in [2.05, 4.69) is 32.9 Å². The predicted octanol–water partition coefficient (Wildman–Crippen LogP) is 9.84. The van der Waals surface area contributed by atoms with Crippen molar-refractivity contribution >= 4 is 0 Å². The number of hydrogen-bond acceptors (Lipinski definition) is 2. The summed E-state index contributed by atoms with van der Waals surface area (Å²) in [6, 6.07) is 12.0. The molecule has 0 amide bonds. The van der Waals surface area contributed by atoms with Crippen LogP contribution in [0.1, 0.15) is 139 Å². The summed E-state index contributed by atoms with van der Waals surface area (Å²) in [6.45, 7) is 6.72. The molecule has 2 nitrogen and oxygen atoms in total. The first-order valence-electron chi connectivity index (χ1n) is 14.2. The van der Waals surface area contributed by atoms with Gasteiger partial charge in [-0.3, -0.25) is 0 Å². The lowest BCUT2D eigenvalue weighted by atomic mass is 9.80. The van der Waals surface area contributed by atoms with Crippen LogP contribution in [0.15, 0.2) is 36.4 Å². The molecule has 0 saturated carbocycles. The van der Waals surface area contributed by atoms with Crippen molar-refractivity contribution in [2.24, 2.45) is 0 Å². The maximum atomic E-state index is 11.0. The second kappa shape index (κ2) is 16.6. The minimum Gasteiger partial charge on any atom is -0.508 e. The number of phenols is 2. The molecule has 0 spiro atoms. The Hall–Kier alpha value is -1.96. The van der Waals surface area contributed by atoms with E-state index in [-0.39, 0.29) is 5.92 Å². The van der Waals surface area contributed by atoms with Crippen LogP contribution in [0.5, 0.6) is 11.5 Å². The first-order valence-corrected chi connectivity index (χ1v) is 14.2. The minimum absolute atomic E-state index is 0.0394. The van der Waals surface area contributed by atoms with Gasteiger partial charge in [0, 0.05) is 17.0 Å². The SMILES string of the molecule is CCCCCCCCc1cccc(O)c1C(CCC)c1c(O)cccc1CCCCCCCC. The van der Waals surface area contributed by atoms with Crippen molar-refractivity contribution < 1.29 is 10.2 Å². The molecule has 0 unspecified atom stereocenters. The smallest absolute Gasteiger partial charge is 0.119 e. The van der Waals surface area contributed by atoms with Crippen LogP contribution in [0.4, 0.5) is 0 Å². The average molecular weight is 467 g/mol. The van der Waals surface area contributed by atoms with Gasteiger partial charge in [-0.25, -0.2) is 0 Å². The molecule has 0 aliphatic carbocycles. The summed E-state index contributed by atoms with van der Waals surface area (Å²) in [4.78, 5) is 0. The van der Waals surface area contributed by atoms with Crippen molar-refractivity contribution in [2.45, 2.75) is 129 Å². The van der Waals surface area contributed by atoms with Gasteiger partial charge in [0.2, 0.25) is 0 Å². The standard InChI is InChI=1S/C32H50O2/c1-4-7-9-11-13-15-20-26-22-17-24-29(33)31(26)28(19-6-3)32-27(23-18-25-30(32)34)21-16-14-12-10-8-5-2/h17-18,22-25,28,33-34H,4-16,19-21H2,1-3H3. The van der Waals surface area contributed by atoms with Gasteiger partial charge in [0.25, 0.3) is 0 Å². The number of aryl methyl sites for hydroxylation is 2. The van der Waals surface area contributed by atoms with Crippen LogP contribution in [-0.4, -0.2) is 10.2 Å². The number of unbranched alkanes of at least 4 members (excludes halogenated alkanes) is 10. The molecule has 2 heteroatoms. The van der Waals surface area contributed by atoms with E-state index in [9.17, 15) is 10.2 Å². The molecule has 2 aromatic carbocycles. The van der Waals surface area contributed by atoms with Gasteiger partial charge < -0.3 is 10.2 Å². The molecule has 0 radical (unpaired) electrons. The van der Waals surface area contributed by atoms with E-state index in [1.54, 1.807) is 0 Å². The van der Waals surface area contributed by atoms with E-state index in [1.807, 2.05) is 24.3 Å². The fourth-order valence-electron chi connectivity index (χ4n) is 5.35. The zero-order valence-electron chi connectivity index (χ0n) is 22.2. The Bertz CT molecular complexity index is 745. The third kappa shape index (κ3) is 9.01. The Morgan fingerprint density at radius 2 is 0.941 bits per heavy atom. The monoisotopic (exact) mass is 466 g/mol. The fourth-order valence-corrected chi connectivity index (χ4v) is 5.35. The summed E-state index contributed by atoms with van der Waals surface area (Å²) < 4.78 is 0. The van der Waals surface area contributed by atoms with Crippen LogP contribution in [0, 0.1) is 0 Å². The molecule has 0 aromatic heterocycles. The van der Waals surface area contributed by atoms with Crippen molar-refractivity contribution in [1.82, 2.24) is 0 Å². The fraction of sp³-hybridized carbons (Fsp3) is 0.625. The lowest BCUT2D eigenvalue weighted by Crippen LogP contribution is -2.09. The van der Waals surface area contributed by atoms with Gasteiger partial charge in [-0.05, 0) is 55.4 Å². The molecule has 190 valence electrons. The summed E-state index contributed by atoms with van der Waals surface area (Å²) in [5.74, 6) is 0.809. The lowest BCUT2D eigenvalue weighted by Gasteiger charge is -2.25. The van der Waals surface area contributed by atoms with E-state index in [4.69, 9.17) is 0 Å². The third-order valence-electron chi connectivity index (χ3n) is 7.22. The molecule has 2 N–H and O–H groups in total. The summed E-state index contributed by atoms with van der Waals surface area (Å²) in [5.41, 5.74) is 4.60. The van der Waals surface area contributed by atoms with Gasteiger partial charge in [0.15, 0.2) is 0 Å². The molecule has 0 saturated heterocycles. The quantitative estimate of drug-likeness (QED) is 0.215. The highest BCUT2D eigenvalue weighted by molar-refractivity contribution is 5.52. The predicted molar refractivity (Wildman–Crippen MR) is 147 cm³/mol. The van der Waals surface area contributed by atoms with Gasteiger partial charge in [-0.15, -0.1) is 0 Å². The Balaban J connectivity index is 2.24. The molecule has 0 bridgehead atoms. The van der Waals surface area contributed by atoms with E-state index in [0.29, 0.717) is 11.5 Å². The molecule has 2 aromatic rings.